The molecule has 5 heteroatoms. The third-order valence-electron chi connectivity index (χ3n) is 4.81. The quantitative estimate of drug-likeness (QED) is 0.730. The molecule has 2 aromatic carbocycles. The first-order valence-electron chi connectivity index (χ1n) is 8.79. The van der Waals surface area contributed by atoms with Gasteiger partial charge in [-0.25, -0.2) is 4.98 Å². The SMILES string of the molecule is COc1ccc(C(=O)N2CCN(c3ccc4ccccc4n3)CC2)cc1. The van der Waals surface area contributed by atoms with Gasteiger partial charge in [-0.05, 0) is 42.5 Å². The summed E-state index contributed by atoms with van der Waals surface area (Å²) in [4.78, 5) is 21.6. The van der Waals surface area contributed by atoms with E-state index >= 15 is 0 Å². The molecule has 0 atom stereocenters. The summed E-state index contributed by atoms with van der Waals surface area (Å²) in [5, 5.41) is 1.14. The van der Waals surface area contributed by atoms with Crippen LogP contribution >= 0.6 is 0 Å². The summed E-state index contributed by atoms with van der Waals surface area (Å²) in [5.74, 6) is 1.80. The Balaban J connectivity index is 1.43. The number of aromatic nitrogens is 1. The lowest BCUT2D eigenvalue weighted by atomic mass is 10.1. The molecule has 0 aliphatic carbocycles. The van der Waals surface area contributed by atoms with Crippen LogP contribution in [0.3, 0.4) is 0 Å². The first-order chi connectivity index (χ1) is 12.7. The van der Waals surface area contributed by atoms with Gasteiger partial charge in [-0.1, -0.05) is 18.2 Å². The van der Waals surface area contributed by atoms with E-state index in [-0.39, 0.29) is 5.91 Å². The lowest BCUT2D eigenvalue weighted by Crippen LogP contribution is -2.49. The van der Waals surface area contributed by atoms with Crippen molar-refractivity contribution in [2.24, 2.45) is 0 Å². The first-order valence-corrected chi connectivity index (χ1v) is 8.79. The van der Waals surface area contributed by atoms with E-state index < -0.39 is 0 Å². The number of ether oxygens (including phenoxy) is 1. The Hall–Kier alpha value is -3.08. The molecule has 0 N–H and O–H groups in total. The van der Waals surface area contributed by atoms with E-state index in [0.717, 1.165) is 35.6 Å². The molecule has 1 fully saturated rings. The highest BCUT2D eigenvalue weighted by molar-refractivity contribution is 5.94. The first kappa shape index (κ1) is 16.4. The number of piperazine rings is 1. The fraction of sp³-hybridized carbons (Fsp3) is 0.238. The van der Waals surface area contributed by atoms with Crippen molar-refractivity contribution in [1.82, 2.24) is 9.88 Å². The molecule has 0 spiro atoms. The van der Waals surface area contributed by atoms with Crippen molar-refractivity contribution >= 4 is 22.6 Å². The average Bonchev–Trinajstić information content (AvgIpc) is 2.73. The van der Waals surface area contributed by atoms with E-state index in [1.807, 2.05) is 47.4 Å². The fourth-order valence-electron chi connectivity index (χ4n) is 3.29. The third-order valence-corrected chi connectivity index (χ3v) is 4.81. The molecule has 2 heterocycles. The number of carbonyl (C=O) groups excluding carboxylic acids is 1. The summed E-state index contributed by atoms with van der Waals surface area (Å²) in [6.45, 7) is 2.96. The molecule has 0 bridgehead atoms. The summed E-state index contributed by atoms with van der Waals surface area (Å²) in [7, 11) is 1.62. The predicted octanol–water partition coefficient (Wildman–Crippen LogP) is 3.21. The number of anilines is 1. The van der Waals surface area contributed by atoms with Crippen LogP contribution in [-0.2, 0) is 0 Å². The number of pyridine rings is 1. The van der Waals surface area contributed by atoms with Gasteiger partial charge in [0, 0.05) is 37.1 Å². The van der Waals surface area contributed by atoms with Gasteiger partial charge in [-0.2, -0.15) is 0 Å². The van der Waals surface area contributed by atoms with Crippen LogP contribution < -0.4 is 9.64 Å². The van der Waals surface area contributed by atoms with Gasteiger partial charge >= 0.3 is 0 Å². The highest BCUT2D eigenvalue weighted by Crippen LogP contribution is 2.20. The Morgan fingerprint density at radius 2 is 1.65 bits per heavy atom. The van der Waals surface area contributed by atoms with Crippen molar-refractivity contribution in [2.75, 3.05) is 38.2 Å². The zero-order chi connectivity index (χ0) is 17.9. The van der Waals surface area contributed by atoms with Crippen LogP contribution in [0.25, 0.3) is 10.9 Å². The van der Waals surface area contributed by atoms with Crippen LogP contribution in [0, 0.1) is 0 Å². The van der Waals surface area contributed by atoms with Crippen molar-refractivity contribution < 1.29 is 9.53 Å². The van der Waals surface area contributed by atoms with Gasteiger partial charge < -0.3 is 14.5 Å². The minimum absolute atomic E-state index is 0.0683. The van der Waals surface area contributed by atoms with Crippen molar-refractivity contribution in [3.8, 4) is 5.75 Å². The third kappa shape index (κ3) is 3.20. The maximum atomic E-state index is 12.7. The molecule has 0 saturated carbocycles. The van der Waals surface area contributed by atoms with E-state index in [1.54, 1.807) is 7.11 Å². The Bertz CT molecular complexity index is 916. The molecular weight excluding hydrogens is 326 g/mol. The lowest BCUT2D eigenvalue weighted by Gasteiger charge is -2.35. The second kappa shape index (κ2) is 7.04. The second-order valence-corrected chi connectivity index (χ2v) is 6.37. The van der Waals surface area contributed by atoms with Crippen LogP contribution in [0.15, 0.2) is 60.7 Å². The predicted molar refractivity (Wildman–Crippen MR) is 103 cm³/mol. The number of hydrogen-bond acceptors (Lipinski definition) is 4. The molecule has 1 aliphatic rings. The Morgan fingerprint density at radius 3 is 2.38 bits per heavy atom. The van der Waals surface area contributed by atoms with E-state index in [1.165, 1.54) is 0 Å². The lowest BCUT2D eigenvalue weighted by molar-refractivity contribution is 0.0746. The number of fused-ring (bicyclic) bond motifs is 1. The minimum Gasteiger partial charge on any atom is -0.497 e. The van der Waals surface area contributed by atoms with Crippen LogP contribution in [0.4, 0.5) is 5.82 Å². The maximum absolute atomic E-state index is 12.7. The summed E-state index contributed by atoms with van der Waals surface area (Å²) >= 11 is 0. The number of para-hydroxylation sites is 1. The van der Waals surface area contributed by atoms with Crippen molar-refractivity contribution in [2.45, 2.75) is 0 Å². The molecule has 1 saturated heterocycles. The molecule has 1 amide bonds. The van der Waals surface area contributed by atoms with Crippen LogP contribution in [-0.4, -0.2) is 49.1 Å². The molecule has 4 rings (SSSR count). The normalized spacial score (nSPS) is 14.5. The van der Waals surface area contributed by atoms with E-state index in [4.69, 9.17) is 9.72 Å². The molecule has 0 radical (unpaired) electrons. The number of rotatable bonds is 3. The molecule has 1 aromatic heterocycles. The molecule has 1 aliphatic heterocycles. The standard InChI is InChI=1S/C21H21N3O2/c1-26-18-9-6-17(7-10-18)21(25)24-14-12-23(13-15-24)20-11-8-16-4-2-3-5-19(16)22-20/h2-11H,12-15H2,1H3. The highest BCUT2D eigenvalue weighted by Gasteiger charge is 2.23. The number of methoxy groups -OCH3 is 1. The molecule has 0 unspecified atom stereocenters. The monoisotopic (exact) mass is 347 g/mol. The van der Waals surface area contributed by atoms with Crippen molar-refractivity contribution in [3.63, 3.8) is 0 Å². The summed E-state index contributed by atoms with van der Waals surface area (Å²) in [6.07, 6.45) is 0. The van der Waals surface area contributed by atoms with Gasteiger partial charge in [0.05, 0.1) is 12.6 Å². The number of amides is 1. The van der Waals surface area contributed by atoms with Gasteiger partial charge in [0.15, 0.2) is 0 Å². The van der Waals surface area contributed by atoms with Gasteiger partial charge in [-0.3, -0.25) is 4.79 Å². The Kier molecular flexibility index (Phi) is 4.44. The zero-order valence-electron chi connectivity index (χ0n) is 14.8. The van der Waals surface area contributed by atoms with Crippen LogP contribution in [0.1, 0.15) is 10.4 Å². The van der Waals surface area contributed by atoms with Gasteiger partial charge in [0.1, 0.15) is 11.6 Å². The van der Waals surface area contributed by atoms with E-state index in [9.17, 15) is 4.79 Å². The topological polar surface area (TPSA) is 45.7 Å². The van der Waals surface area contributed by atoms with Crippen LogP contribution in [0.5, 0.6) is 5.75 Å². The van der Waals surface area contributed by atoms with Crippen LogP contribution in [0.2, 0.25) is 0 Å². The zero-order valence-corrected chi connectivity index (χ0v) is 14.8. The molecule has 3 aromatic rings. The van der Waals surface area contributed by atoms with Gasteiger partial charge in [0.25, 0.3) is 5.91 Å². The van der Waals surface area contributed by atoms with E-state index in [0.29, 0.717) is 18.7 Å². The highest BCUT2D eigenvalue weighted by atomic mass is 16.5. The Labute approximate surface area is 152 Å². The molecular formula is C21H21N3O2. The van der Waals surface area contributed by atoms with Gasteiger partial charge in [0.2, 0.25) is 0 Å². The second-order valence-electron chi connectivity index (χ2n) is 6.37. The smallest absolute Gasteiger partial charge is 0.253 e. The molecule has 132 valence electrons. The van der Waals surface area contributed by atoms with Crippen molar-refractivity contribution in [3.05, 3.63) is 66.2 Å². The minimum atomic E-state index is 0.0683. The van der Waals surface area contributed by atoms with E-state index in [2.05, 4.69) is 23.1 Å². The number of hydrogen-bond donors (Lipinski definition) is 0. The number of carbonyl (C=O) groups is 1. The molecule has 26 heavy (non-hydrogen) atoms. The Morgan fingerprint density at radius 1 is 0.923 bits per heavy atom. The van der Waals surface area contributed by atoms with Gasteiger partial charge in [-0.15, -0.1) is 0 Å². The summed E-state index contributed by atoms with van der Waals surface area (Å²) < 4.78 is 5.15. The fourth-order valence-corrected chi connectivity index (χ4v) is 3.29. The molecule has 5 nitrogen and oxygen atoms in total. The summed E-state index contributed by atoms with van der Waals surface area (Å²) in [5.41, 5.74) is 1.70. The number of nitrogens with zero attached hydrogens (tertiary/aromatic N) is 3. The average molecular weight is 347 g/mol. The summed E-state index contributed by atoms with van der Waals surface area (Å²) in [6, 6.07) is 19.6. The van der Waals surface area contributed by atoms with Crippen molar-refractivity contribution in [1.29, 1.82) is 0 Å². The maximum Gasteiger partial charge on any atom is 0.253 e. The number of benzene rings is 2. The largest absolute Gasteiger partial charge is 0.497 e.